The largest absolute Gasteiger partial charge is 0.493 e. The van der Waals surface area contributed by atoms with E-state index in [0.717, 1.165) is 0 Å². The lowest BCUT2D eigenvalue weighted by molar-refractivity contribution is 0.0983. The topological polar surface area (TPSA) is 86.6 Å². The highest BCUT2D eigenvalue weighted by Crippen LogP contribution is 2.50. The fourth-order valence-electron chi connectivity index (χ4n) is 4.64. The number of amides is 1. The summed E-state index contributed by atoms with van der Waals surface area (Å²) in [5, 5.41) is 4.64. The molecule has 6 rings (SSSR count). The maximum Gasteiger partial charge on any atom is 0.300 e. The smallest absolute Gasteiger partial charge is 0.300 e. The Kier molecular flexibility index (Phi) is 4.28. The molecule has 9 heteroatoms. The number of hydrogen-bond donors (Lipinski definition) is 0. The van der Waals surface area contributed by atoms with Crippen LogP contribution in [0.3, 0.4) is 0 Å². The van der Waals surface area contributed by atoms with Gasteiger partial charge in [-0.1, -0.05) is 18.2 Å². The van der Waals surface area contributed by atoms with E-state index in [9.17, 15) is 14.0 Å². The number of hydrogen-bond acceptors (Lipinski definition) is 6. The second-order valence-corrected chi connectivity index (χ2v) is 7.87. The Bertz CT molecular complexity index is 1550. The van der Waals surface area contributed by atoms with Crippen LogP contribution in [0.5, 0.6) is 11.5 Å². The molecule has 8 nitrogen and oxygen atoms in total. The normalized spacial score (nSPS) is 15.3. The molecule has 0 aliphatic carbocycles. The molecular weight excluding hydrogens is 439 g/mol. The van der Waals surface area contributed by atoms with Crippen LogP contribution < -0.4 is 19.9 Å². The van der Waals surface area contributed by atoms with Gasteiger partial charge < -0.3 is 9.47 Å². The van der Waals surface area contributed by atoms with Crippen molar-refractivity contribution < 1.29 is 18.7 Å². The number of carbonyl (C=O) groups is 1. The summed E-state index contributed by atoms with van der Waals surface area (Å²) in [7, 11) is 2.99. The number of para-hydroxylation sites is 1. The Morgan fingerprint density at radius 3 is 2.44 bits per heavy atom. The van der Waals surface area contributed by atoms with Gasteiger partial charge in [-0.15, -0.1) is 0 Å². The van der Waals surface area contributed by atoms with Crippen molar-refractivity contribution in [2.45, 2.75) is 6.17 Å². The molecule has 0 saturated carbocycles. The Balaban J connectivity index is 1.67. The molecule has 2 aliphatic heterocycles. The molecule has 1 amide bonds. The maximum atomic E-state index is 13.7. The van der Waals surface area contributed by atoms with Gasteiger partial charge in [-0.2, -0.15) is 10.1 Å². The lowest BCUT2D eigenvalue weighted by Gasteiger charge is -2.34. The summed E-state index contributed by atoms with van der Waals surface area (Å²) in [6, 6.07) is 16.2. The summed E-state index contributed by atoms with van der Waals surface area (Å²) in [6.45, 7) is 0. The van der Waals surface area contributed by atoms with Crippen molar-refractivity contribution in [1.82, 2.24) is 14.8 Å². The lowest BCUT2D eigenvalue weighted by Crippen LogP contribution is -2.39. The van der Waals surface area contributed by atoms with Crippen molar-refractivity contribution >= 4 is 11.6 Å². The van der Waals surface area contributed by atoms with Crippen LogP contribution in [-0.4, -0.2) is 34.9 Å². The summed E-state index contributed by atoms with van der Waals surface area (Å²) < 4.78 is 26.0. The van der Waals surface area contributed by atoms with Gasteiger partial charge >= 0.3 is 0 Å². The highest BCUT2D eigenvalue weighted by molar-refractivity contribution is 6.15. The number of benzene rings is 3. The average molecular weight is 456 g/mol. The SMILES string of the molecule is COc1ccc2c(c1OC)C(=O)N1c3ccccc3-c3nc(=O)c(-c4ccc(F)cc4)nn3[C@@H]21. The molecule has 168 valence electrons. The minimum absolute atomic E-state index is 0.0597. The summed E-state index contributed by atoms with van der Waals surface area (Å²) in [4.78, 5) is 32.7. The van der Waals surface area contributed by atoms with E-state index < -0.39 is 17.5 Å². The van der Waals surface area contributed by atoms with Crippen LogP contribution in [0.1, 0.15) is 22.1 Å². The van der Waals surface area contributed by atoms with Gasteiger partial charge in [0.05, 0.1) is 25.5 Å². The maximum absolute atomic E-state index is 13.7. The molecule has 0 spiro atoms. The van der Waals surface area contributed by atoms with Crippen LogP contribution in [-0.2, 0) is 0 Å². The summed E-state index contributed by atoms with van der Waals surface area (Å²) in [5.74, 6) is 0.388. The number of aromatic nitrogens is 3. The number of anilines is 1. The Hall–Kier alpha value is -4.53. The summed E-state index contributed by atoms with van der Waals surface area (Å²) >= 11 is 0. The number of halogens is 1. The first-order valence-corrected chi connectivity index (χ1v) is 10.5. The fourth-order valence-corrected chi connectivity index (χ4v) is 4.64. The molecule has 3 aromatic carbocycles. The fraction of sp³-hybridized carbons (Fsp3) is 0.120. The van der Waals surface area contributed by atoms with E-state index in [1.165, 1.54) is 38.5 Å². The zero-order valence-electron chi connectivity index (χ0n) is 18.2. The van der Waals surface area contributed by atoms with E-state index in [0.29, 0.717) is 45.3 Å². The molecule has 0 radical (unpaired) electrons. The van der Waals surface area contributed by atoms with Crippen molar-refractivity contribution in [1.29, 1.82) is 0 Å². The van der Waals surface area contributed by atoms with Crippen molar-refractivity contribution in [3.05, 3.63) is 88.0 Å². The van der Waals surface area contributed by atoms with Gasteiger partial charge in [0.25, 0.3) is 11.5 Å². The molecule has 0 fully saturated rings. The van der Waals surface area contributed by atoms with Gasteiger partial charge in [-0.05, 0) is 42.5 Å². The third-order valence-electron chi connectivity index (χ3n) is 6.12. The summed E-state index contributed by atoms with van der Waals surface area (Å²) in [6.07, 6.45) is -0.695. The molecule has 1 atom stereocenters. The van der Waals surface area contributed by atoms with Gasteiger partial charge in [0.15, 0.2) is 29.2 Å². The van der Waals surface area contributed by atoms with Gasteiger partial charge in [-0.25, -0.2) is 9.07 Å². The minimum atomic E-state index is -0.695. The lowest BCUT2D eigenvalue weighted by atomic mass is 10.0. The average Bonchev–Trinajstić information content (AvgIpc) is 3.16. The number of carbonyl (C=O) groups excluding carboxylic acids is 1. The van der Waals surface area contributed by atoms with E-state index in [-0.39, 0.29) is 11.6 Å². The Morgan fingerprint density at radius 1 is 0.941 bits per heavy atom. The van der Waals surface area contributed by atoms with E-state index >= 15 is 0 Å². The first-order chi connectivity index (χ1) is 16.5. The minimum Gasteiger partial charge on any atom is -0.493 e. The van der Waals surface area contributed by atoms with Crippen LogP contribution in [0.2, 0.25) is 0 Å². The highest BCUT2D eigenvalue weighted by atomic mass is 19.1. The monoisotopic (exact) mass is 456 g/mol. The third-order valence-corrected chi connectivity index (χ3v) is 6.12. The van der Waals surface area contributed by atoms with E-state index in [4.69, 9.17) is 9.47 Å². The van der Waals surface area contributed by atoms with Gasteiger partial charge in [0.1, 0.15) is 5.82 Å². The number of fused-ring (bicyclic) bond motifs is 8. The molecule has 3 heterocycles. The molecular formula is C25H17FN4O4. The highest BCUT2D eigenvalue weighted by Gasteiger charge is 2.47. The van der Waals surface area contributed by atoms with Crippen molar-refractivity contribution in [3.8, 4) is 34.1 Å². The first kappa shape index (κ1) is 20.1. The van der Waals surface area contributed by atoms with Gasteiger partial charge in [0, 0.05) is 16.7 Å². The van der Waals surface area contributed by atoms with Crippen molar-refractivity contribution in [2.24, 2.45) is 0 Å². The van der Waals surface area contributed by atoms with Crippen LogP contribution in [0, 0.1) is 5.82 Å². The number of nitrogens with zero attached hydrogens (tertiary/aromatic N) is 4. The second-order valence-electron chi connectivity index (χ2n) is 7.87. The van der Waals surface area contributed by atoms with Gasteiger partial charge in [-0.3, -0.25) is 14.5 Å². The zero-order chi connectivity index (χ0) is 23.6. The molecule has 34 heavy (non-hydrogen) atoms. The molecule has 2 aliphatic rings. The molecule has 0 bridgehead atoms. The predicted molar refractivity (Wildman–Crippen MR) is 122 cm³/mol. The number of methoxy groups -OCH3 is 2. The van der Waals surface area contributed by atoms with Crippen LogP contribution in [0.25, 0.3) is 22.6 Å². The molecule has 0 unspecified atom stereocenters. The van der Waals surface area contributed by atoms with Crippen LogP contribution >= 0.6 is 0 Å². The zero-order valence-corrected chi connectivity index (χ0v) is 18.2. The van der Waals surface area contributed by atoms with Crippen LogP contribution in [0.4, 0.5) is 10.1 Å². The summed E-state index contributed by atoms with van der Waals surface area (Å²) in [5.41, 5.74) is 2.15. The van der Waals surface area contributed by atoms with Crippen molar-refractivity contribution in [2.75, 3.05) is 19.1 Å². The molecule has 0 N–H and O–H groups in total. The Labute approximate surface area is 192 Å². The van der Waals surface area contributed by atoms with E-state index in [2.05, 4.69) is 10.1 Å². The van der Waals surface area contributed by atoms with E-state index in [1.807, 2.05) is 6.07 Å². The number of ether oxygens (including phenoxy) is 2. The predicted octanol–water partition coefficient (Wildman–Crippen LogP) is 3.65. The quantitative estimate of drug-likeness (QED) is 0.468. The van der Waals surface area contributed by atoms with Crippen LogP contribution in [0.15, 0.2) is 65.5 Å². The number of rotatable bonds is 3. The Morgan fingerprint density at radius 2 is 1.71 bits per heavy atom. The standard InChI is InChI=1S/C25H17FN4O4/c1-33-18-12-11-16-19(21(18)34-2)25(32)29-17-6-4-3-5-15(17)22-27-23(31)20(28-30(22)24(16)29)13-7-9-14(26)10-8-13/h3-12,24H,1-2H3/t24-/m0/s1. The molecule has 0 saturated heterocycles. The van der Waals surface area contributed by atoms with Crippen molar-refractivity contribution in [3.63, 3.8) is 0 Å². The van der Waals surface area contributed by atoms with Gasteiger partial charge in [0.2, 0.25) is 0 Å². The third kappa shape index (κ3) is 2.63. The first-order valence-electron chi connectivity index (χ1n) is 10.5. The van der Waals surface area contributed by atoms with E-state index in [1.54, 1.807) is 39.9 Å². The molecule has 4 aromatic rings. The second kappa shape index (κ2) is 7.24. The molecule has 1 aromatic heterocycles.